The van der Waals surface area contributed by atoms with Crippen LogP contribution in [0.5, 0.6) is 0 Å². The van der Waals surface area contributed by atoms with E-state index in [1.165, 1.54) is 0 Å². The Bertz CT molecular complexity index is 363. The number of nitrogens with zero attached hydrogens (tertiary/aromatic N) is 1. The molecule has 0 amide bonds. The molecule has 0 saturated carbocycles. The fourth-order valence-corrected chi connectivity index (χ4v) is 1.46. The summed E-state index contributed by atoms with van der Waals surface area (Å²) in [4.78, 5) is 4.11. The van der Waals surface area contributed by atoms with E-state index in [1.54, 1.807) is 24.6 Å². The Morgan fingerprint density at radius 2 is 2.33 bits per heavy atom. The van der Waals surface area contributed by atoms with Crippen LogP contribution in [0.25, 0.3) is 0 Å². The molecule has 1 aromatic heterocycles. The molecule has 0 fully saturated rings. The molecule has 1 rings (SSSR count). The van der Waals surface area contributed by atoms with Gasteiger partial charge in [0.2, 0.25) is 5.89 Å². The Balaban J connectivity index is 3.11. The quantitative estimate of drug-likeness (QED) is 0.749. The van der Waals surface area contributed by atoms with Crippen LogP contribution >= 0.6 is 0 Å². The highest BCUT2D eigenvalue weighted by molar-refractivity contribution is 5.36. The molecule has 2 N–H and O–H groups in total. The average molecular weight is 204 g/mol. The van der Waals surface area contributed by atoms with Gasteiger partial charge in [-0.15, -0.1) is 0 Å². The van der Waals surface area contributed by atoms with E-state index in [-0.39, 0.29) is 5.92 Å². The van der Waals surface area contributed by atoms with Gasteiger partial charge in [-0.3, -0.25) is 0 Å². The van der Waals surface area contributed by atoms with Crippen molar-refractivity contribution < 1.29 is 4.42 Å². The van der Waals surface area contributed by atoms with Crippen molar-refractivity contribution in [2.45, 2.75) is 12.8 Å². The fourth-order valence-electron chi connectivity index (χ4n) is 1.46. The minimum atomic E-state index is -0.0458. The minimum absolute atomic E-state index is 0.0458. The van der Waals surface area contributed by atoms with E-state index < -0.39 is 0 Å². The highest BCUT2D eigenvalue weighted by Gasteiger charge is 2.18. The summed E-state index contributed by atoms with van der Waals surface area (Å²) in [7, 11) is 0. The SMILES string of the molecule is C=C/C(C)=C(\C=C)C(CN)c1ncco1. The zero-order valence-electron chi connectivity index (χ0n) is 8.94. The van der Waals surface area contributed by atoms with E-state index >= 15 is 0 Å². The first-order chi connectivity index (χ1) is 7.24. The maximum atomic E-state index is 5.72. The topological polar surface area (TPSA) is 52.0 Å². The van der Waals surface area contributed by atoms with Crippen LogP contribution in [0.4, 0.5) is 0 Å². The Morgan fingerprint density at radius 1 is 1.60 bits per heavy atom. The number of allylic oxidation sites excluding steroid dienone is 3. The van der Waals surface area contributed by atoms with Crippen molar-refractivity contribution in [3.05, 3.63) is 54.8 Å². The van der Waals surface area contributed by atoms with Gasteiger partial charge in [0.15, 0.2) is 0 Å². The second kappa shape index (κ2) is 5.32. The summed E-state index contributed by atoms with van der Waals surface area (Å²) < 4.78 is 5.26. The molecule has 0 bridgehead atoms. The van der Waals surface area contributed by atoms with Crippen molar-refractivity contribution in [3.63, 3.8) is 0 Å². The molecule has 0 saturated heterocycles. The molecule has 0 aliphatic rings. The van der Waals surface area contributed by atoms with Gasteiger partial charge in [0.05, 0.1) is 12.1 Å². The summed E-state index contributed by atoms with van der Waals surface area (Å²) in [6.07, 6.45) is 6.71. The first-order valence-corrected chi connectivity index (χ1v) is 4.79. The number of aromatic nitrogens is 1. The van der Waals surface area contributed by atoms with E-state index in [0.717, 1.165) is 11.1 Å². The van der Waals surface area contributed by atoms with Crippen LogP contribution in [-0.2, 0) is 0 Å². The van der Waals surface area contributed by atoms with Gasteiger partial charge in [-0.2, -0.15) is 0 Å². The maximum Gasteiger partial charge on any atom is 0.202 e. The Morgan fingerprint density at radius 3 is 2.73 bits per heavy atom. The van der Waals surface area contributed by atoms with Crippen LogP contribution < -0.4 is 5.73 Å². The lowest BCUT2D eigenvalue weighted by Crippen LogP contribution is -2.15. The van der Waals surface area contributed by atoms with Crippen LogP contribution in [0.1, 0.15) is 18.7 Å². The van der Waals surface area contributed by atoms with Crippen molar-refractivity contribution in [2.24, 2.45) is 5.73 Å². The third-order valence-electron chi connectivity index (χ3n) is 2.34. The highest BCUT2D eigenvalue weighted by atomic mass is 16.3. The summed E-state index contributed by atoms with van der Waals surface area (Å²) in [5.41, 5.74) is 7.77. The molecule has 1 atom stereocenters. The molecule has 0 radical (unpaired) electrons. The number of oxazole rings is 1. The van der Waals surface area contributed by atoms with Gasteiger partial charge in [0, 0.05) is 6.54 Å². The van der Waals surface area contributed by atoms with Crippen molar-refractivity contribution in [1.29, 1.82) is 0 Å². The molecule has 80 valence electrons. The Kier molecular flexibility index (Phi) is 4.06. The van der Waals surface area contributed by atoms with Crippen molar-refractivity contribution >= 4 is 0 Å². The molecule has 15 heavy (non-hydrogen) atoms. The lowest BCUT2D eigenvalue weighted by molar-refractivity contribution is 0.471. The number of hydrogen-bond acceptors (Lipinski definition) is 3. The third-order valence-corrected chi connectivity index (χ3v) is 2.34. The van der Waals surface area contributed by atoms with Crippen molar-refractivity contribution in [2.75, 3.05) is 6.54 Å². The molecular formula is C12H16N2O. The predicted octanol–water partition coefficient (Wildman–Crippen LogP) is 2.41. The van der Waals surface area contributed by atoms with Crippen LogP contribution in [0.15, 0.2) is 53.3 Å². The molecule has 1 heterocycles. The molecule has 0 aliphatic heterocycles. The summed E-state index contributed by atoms with van der Waals surface area (Å²) >= 11 is 0. The largest absolute Gasteiger partial charge is 0.448 e. The average Bonchev–Trinajstić information content (AvgIpc) is 2.77. The first kappa shape index (κ1) is 11.5. The molecule has 0 aliphatic carbocycles. The van der Waals surface area contributed by atoms with Crippen LogP contribution in [0, 0.1) is 0 Å². The Labute approximate surface area is 90.0 Å². The minimum Gasteiger partial charge on any atom is -0.448 e. The summed E-state index contributed by atoms with van der Waals surface area (Å²) in [6.45, 7) is 9.91. The molecule has 3 nitrogen and oxygen atoms in total. The van der Waals surface area contributed by atoms with E-state index in [2.05, 4.69) is 18.1 Å². The smallest absolute Gasteiger partial charge is 0.202 e. The molecule has 3 heteroatoms. The van der Waals surface area contributed by atoms with Gasteiger partial charge in [0.25, 0.3) is 0 Å². The maximum absolute atomic E-state index is 5.72. The molecule has 1 unspecified atom stereocenters. The first-order valence-electron chi connectivity index (χ1n) is 4.79. The van der Waals surface area contributed by atoms with Gasteiger partial charge >= 0.3 is 0 Å². The Hall–Kier alpha value is -1.61. The monoisotopic (exact) mass is 204 g/mol. The fraction of sp³-hybridized carbons (Fsp3) is 0.250. The zero-order valence-corrected chi connectivity index (χ0v) is 8.94. The summed E-state index contributed by atoms with van der Waals surface area (Å²) in [6, 6.07) is 0. The third kappa shape index (κ3) is 2.44. The van der Waals surface area contributed by atoms with Crippen LogP contribution in [0.3, 0.4) is 0 Å². The summed E-state index contributed by atoms with van der Waals surface area (Å²) in [5.74, 6) is 0.573. The second-order valence-electron chi connectivity index (χ2n) is 3.21. The normalized spacial score (nSPS) is 14.3. The highest BCUT2D eigenvalue weighted by Crippen LogP contribution is 2.25. The van der Waals surface area contributed by atoms with Crippen molar-refractivity contribution in [1.82, 2.24) is 4.98 Å². The summed E-state index contributed by atoms with van der Waals surface area (Å²) in [5, 5.41) is 0. The number of nitrogens with two attached hydrogens (primary N) is 1. The molecular weight excluding hydrogens is 188 g/mol. The standard InChI is InChI=1S/C12H16N2O/c1-4-9(3)10(5-2)11(8-13)12-14-6-7-15-12/h4-7,11H,1-2,8,13H2,3H3/b10-9+. The lowest BCUT2D eigenvalue weighted by Gasteiger charge is -2.14. The predicted molar refractivity (Wildman–Crippen MR) is 61.4 cm³/mol. The van der Waals surface area contributed by atoms with Gasteiger partial charge < -0.3 is 10.2 Å². The van der Waals surface area contributed by atoms with E-state index in [9.17, 15) is 0 Å². The van der Waals surface area contributed by atoms with Gasteiger partial charge in [0.1, 0.15) is 6.26 Å². The molecule has 0 aromatic carbocycles. The van der Waals surface area contributed by atoms with E-state index in [1.807, 2.05) is 6.92 Å². The van der Waals surface area contributed by atoms with E-state index in [4.69, 9.17) is 10.2 Å². The second-order valence-corrected chi connectivity index (χ2v) is 3.21. The lowest BCUT2D eigenvalue weighted by atomic mass is 9.94. The zero-order chi connectivity index (χ0) is 11.3. The van der Waals surface area contributed by atoms with Crippen LogP contribution in [-0.4, -0.2) is 11.5 Å². The van der Waals surface area contributed by atoms with Gasteiger partial charge in [-0.05, 0) is 18.1 Å². The van der Waals surface area contributed by atoms with Crippen LogP contribution in [0.2, 0.25) is 0 Å². The van der Waals surface area contributed by atoms with Gasteiger partial charge in [-0.1, -0.05) is 25.3 Å². The molecule has 0 spiro atoms. The molecule has 1 aromatic rings. The number of rotatable bonds is 5. The van der Waals surface area contributed by atoms with Gasteiger partial charge in [-0.25, -0.2) is 4.98 Å². The number of hydrogen-bond donors (Lipinski definition) is 1. The van der Waals surface area contributed by atoms with Crippen molar-refractivity contribution in [3.8, 4) is 0 Å². The van der Waals surface area contributed by atoms with E-state index in [0.29, 0.717) is 12.4 Å².